The highest BCUT2D eigenvalue weighted by atomic mass is 79.9. The third-order valence-corrected chi connectivity index (χ3v) is 11.3. The molecule has 2 saturated heterocycles. The number of rotatable bonds is 12. The summed E-state index contributed by atoms with van der Waals surface area (Å²) in [6, 6.07) is 6.42. The van der Waals surface area contributed by atoms with Crippen LogP contribution in [0.15, 0.2) is 53.5 Å². The number of imidazole rings is 2. The van der Waals surface area contributed by atoms with Crippen LogP contribution < -0.4 is 35.4 Å². The number of anilines is 5. The maximum Gasteiger partial charge on any atom is 0.256 e. The summed E-state index contributed by atoms with van der Waals surface area (Å²) in [6.45, 7) is 13.7. The van der Waals surface area contributed by atoms with Gasteiger partial charge in [-0.2, -0.15) is 29.5 Å². The molecule has 1 amide bonds. The van der Waals surface area contributed by atoms with E-state index in [0.717, 1.165) is 34.2 Å². The summed E-state index contributed by atoms with van der Waals surface area (Å²) < 4.78 is 11.4. The van der Waals surface area contributed by atoms with Crippen molar-refractivity contribution < 1.29 is 9.53 Å². The molecule has 0 aliphatic carbocycles. The number of aromatic nitrogens is 12. The fourth-order valence-corrected chi connectivity index (χ4v) is 8.34. The first-order chi connectivity index (χ1) is 28.9. The minimum absolute atomic E-state index is 0.142. The normalized spacial score (nSPS) is 18.2. The van der Waals surface area contributed by atoms with Gasteiger partial charge in [-0.15, -0.1) is 5.10 Å². The molecule has 2 fully saturated rings. The maximum atomic E-state index is 14.1. The second-order valence-electron chi connectivity index (χ2n) is 15.7. The van der Waals surface area contributed by atoms with Crippen molar-refractivity contribution in [2.75, 3.05) is 59.9 Å². The van der Waals surface area contributed by atoms with Crippen molar-refractivity contribution in [3.63, 3.8) is 0 Å². The summed E-state index contributed by atoms with van der Waals surface area (Å²) in [4.78, 5) is 53.1. The molecule has 3 atom stereocenters. The summed E-state index contributed by atoms with van der Waals surface area (Å²) in [6.07, 6.45) is 5.92. The molecule has 2 aliphatic heterocycles. The molecule has 4 N–H and O–H groups in total. The molecule has 0 spiro atoms. The van der Waals surface area contributed by atoms with Crippen molar-refractivity contribution in [3.05, 3.63) is 64.9 Å². The summed E-state index contributed by atoms with van der Waals surface area (Å²) >= 11 is 3.66. The number of aryl methyl sites for hydroxylation is 3. The Morgan fingerprint density at radius 3 is 2.63 bits per heavy atom. The third-order valence-electron chi connectivity index (χ3n) is 10.7. The highest BCUT2D eigenvalue weighted by Crippen LogP contribution is 2.31. The number of H-pyrrole nitrogens is 1. The number of halogens is 1. The predicted molar refractivity (Wildman–Crippen MR) is 232 cm³/mol. The zero-order chi connectivity index (χ0) is 41.8. The Hall–Kier alpha value is -6.35. The first-order valence-corrected chi connectivity index (χ1v) is 20.6. The molecule has 7 aromatic rings. The Kier molecular flexibility index (Phi) is 10.2. The van der Waals surface area contributed by atoms with Gasteiger partial charge in [-0.3, -0.25) is 9.48 Å². The summed E-state index contributed by atoms with van der Waals surface area (Å²) in [5.41, 5.74) is 5.80. The van der Waals surface area contributed by atoms with Gasteiger partial charge < -0.3 is 44.9 Å². The van der Waals surface area contributed by atoms with Crippen molar-refractivity contribution >= 4 is 79.0 Å². The topological polar surface area (TPSA) is 205 Å². The lowest BCUT2D eigenvalue weighted by Gasteiger charge is -2.36. The lowest BCUT2D eigenvalue weighted by molar-refractivity contribution is -0.118. The highest BCUT2D eigenvalue weighted by Gasteiger charge is 2.30. The van der Waals surface area contributed by atoms with Crippen LogP contribution in [0.3, 0.4) is 0 Å². The number of carbonyl (C=O) groups excluding carboxylic acids is 1. The SMILES string of the molecule is C=C(CN(Cc1nc2ccc(C)cc2[nH]1)c1nc(N2CC(C)NC(C)C2)nc2c(Br)cnn12)C(=O)NC1CCN(c2nc(Nc3cn(C)nc3OC)c3ncn(C)c3n2)C1. The second-order valence-corrected chi connectivity index (χ2v) is 16.6. The van der Waals surface area contributed by atoms with Crippen molar-refractivity contribution in [2.24, 2.45) is 14.1 Å². The zero-order valence-corrected chi connectivity index (χ0v) is 35.9. The maximum absolute atomic E-state index is 14.1. The predicted octanol–water partition coefficient (Wildman–Crippen LogP) is 3.38. The van der Waals surface area contributed by atoms with Crippen LogP contribution in [0.25, 0.3) is 27.8 Å². The van der Waals surface area contributed by atoms with Gasteiger partial charge >= 0.3 is 0 Å². The van der Waals surface area contributed by atoms with E-state index in [1.807, 2.05) is 48.8 Å². The monoisotopic (exact) mass is 878 g/mol. The molecule has 0 radical (unpaired) electrons. The molecule has 2 aliphatic rings. The number of amides is 1. The number of benzene rings is 1. The van der Waals surface area contributed by atoms with E-state index in [0.29, 0.717) is 89.5 Å². The van der Waals surface area contributed by atoms with Crippen molar-refractivity contribution in [1.82, 2.24) is 69.5 Å². The van der Waals surface area contributed by atoms with Crippen molar-refractivity contribution in [3.8, 4) is 5.88 Å². The van der Waals surface area contributed by atoms with Crippen molar-refractivity contribution in [2.45, 2.75) is 51.9 Å². The van der Waals surface area contributed by atoms with E-state index in [4.69, 9.17) is 29.7 Å². The van der Waals surface area contributed by atoms with E-state index in [2.05, 4.69) is 88.3 Å². The van der Waals surface area contributed by atoms with Crippen LogP contribution >= 0.6 is 15.9 Å². The van der Waals surface area contributed by atoms with Gasteiger partial charge in [-0.1, -0.05) is 12.6 Å². The van der Waals surface area contributed by atoms with E-state index in [9.17, 15) is 4.79 Å². The quantitative estimate of drug-likeness (QED) is 0.130. The Bertz CT molecular complexity index is 2740. The number of piperazine rings is 1. The number of carbonyl (C=O) groups is 1. The lowest BCUT2D eigenvalue weighted by Crippen LogP contribution is -2.54. The molecule has 0 saturated carbocycles. The molecule has 6 aromatic heterocycles. The van der Waals surface area contributed by atoms with Gasteiger partial charge in [0.05, 0.1) is 54.4 Å². The number of hydrogen-bond acceptors (Lipinski definition) is 15. The molecule has 1 aromatic carbocycles. The molecule has 0 bridgehead atoms. The van der Waals surface area contributed by atoms with Crippen molar-refractivity contribution in [1.29, 1.82) is 0 Å². The number of hydrogen-bond donors (Lipinski definition) is 4. The zero-order valence-electron chi connectivity index (χ0n) is 34.3. The van der Waals surface area contributed by atoms with E-state index in [1.54, 1.807) is 28.8 Å². The van der Waals surface area contributed by atoms with Gasteiger partial charge in [0.15, 0.2) is 22.6 Å². The molecule has 60 heavy (non-hydrogen) atoms. The molecule has 312 valence electrons. The van der Waals surface area contributed by atoms with E-state index in [-0.39, 0.29) is 30.6 Å². The fourth-order valence-electron chi connectivity index (χ4n) is 8.00. The Morgan fingerprint density at radius 2 is 1.83 bits per heavy atom. The van der Waals surface area contributed by atoms with Gasteiger partial charge in [-0.05, 0) is 60.8 Å². The Morgan fingerprint density at radius 1 is 1.05 bits per heavy atom. The first-order valence-electron chi connectivity index (χ1n) is 19.8. The fraction of sp³-hybridized carbons (Fsp3) is 0.410. The van der Waals surface area contributed by atoms with Crippen LogP contribution in [0.2, 0.25) is 0 Å². The largest absolute Gasteiger partial charge is 0.478 e. The Labute approximate surface area is 353 Å². The van der Waals surface area contributed by atoms with Crippen LogP contribution in [-0.2, 0) is 25.4 Å². The Balaban J connectivity index is 0.967. The molecule has 8 heterocycles. The molecule has 21 heteroatoms. The third kappa shape index (κ3) is 7.65. The minimum atomic E-state index is -0.266. The second kappa shape index (κ2) is 15.7. The van der Waals surface area contributed by atoms with Crippen LogP contribution in [0.5, 0.6) is 5.88 Å². The smallest absolute Gasteiger partial charge is 0.256 e. The number of nitrogens with zero attached hydrogens (tertiary/aromatic N) is 14. The number of methoxy groups -OCH3 is 1. The standard InChI is InChI=1S/C39H47BrN18O2/c1-21-8-9-27-28(12-21)46-30(45-27)19-57(39-51-38(49-33-26(40)13-42-58(33)39)56-15-23(3)43-24(4)16-56)14-22(2)35(59)44-25-10-11-55(17-25)37-48-32(31-34(50-37)53(5)20-41-31)47-29-18-54(6)52-36(29)60-7/h8-9,12-13,18,20,23-25,43H,2,10-11,14-17,19H2,1,3-7H3,(H,44,59)(H,45,46)(H,47,48,50). The van der Waals surface area contributed by atoms with Crippen LogP contribution in [-0.4, -0.2) is 123 Å². The van der Waals surface area contributed by atoms with Gasteiger partial charge in [0, 0.05) is 64.0 Å². The number of fused-ring (bicyclic) bond motifs is 3. The van der Waals surface area contributed by atoms with Gasteiger partial charge in [0.25, 0.3) is 5.88 Å². The van der Waals surface area contributed by atoms with Crippen LogP contribution in [0, 0.1) is 6.92 Å². The molecular formula is C39H47BrN18O2. The average Bonchev–Trinajstić information content (AvgIpc) is 4.06. The van der Waals surface area contributed by atoms with Gasteiger partial charge in [-0.25, -0.2) is 9.97 Å². The molecular weight excluding hydrogens is 832 g/mol. The first kappa shape index (κ1) is 39.1. The number of ether oxygens (including phenoxy) is 1. The molecule has 3 unspecified atom stereocenters. The van der Waals surface area contributed by atoms with Gasteiger partial charge in [0.2, 0.25) is 23.8 Å². The molecule has 9 rings (SSSR count). The van der Waals surface area contributed by atoms with E-state index in [1.165, 1.54) is 0 Å². The van der Waals surface area contributed by atoms with Crippen LogP contribution in [0.4, 0.5) is 29.4 Å². The molecule has 20 nitrogen and oxygen atoms in total. The van der Waals surface area contributed by atoms with E-state index >= 15 is 0 Å². The highest BCUT2D eigenvalue weighted by molar-refractivity contribution is 9.10. The minimum Gasteiger partial charge on any atom is -0.478 e. The summed E-state index contributed by atoms with van der Waals surface area (Å²) in [5.74, 6) is 3.00. The number of nitrogens with one attached hydrogen (secondary N) is 4. The lowest BCUT2D eigenvalue weighted by atomic mass is 10.1. The van der Waals surface area contributed by atoms with Gasteiger partial charge in [0.1, 0.15) is 11.5 Å². The van der Waals surface area contributed by atoms with E-state index < -0.39 is 0 Å². The summed E-state index contributed by atoms with van der Waals surface area (Å²) in [5, 5.41) is 19.2. The van der Waals surface area contributed by atoms with Crippen LogP contribution in [0.1, 0.15) is 31.7 Å². The number of aromatic amines is 1. The summed E-state index contributed by atoms with van der Waals surface area (Å²) in [7, 11) is 5.28. The average molecular weight is 880 g/mol.